The zero-order valence-electron chi connectivity index (χ0n) is 12.1. The molecule has 0 rings (SSSR count). The number of carboxylic acids is 1. The minimum Gasteiger partial charge on any atom is -0.481 e. The number of unbranched alkanes of at least 4 members (excludes halogenated alkanes) is 1. The highest BCUT2D eigenvalue weighted by molar-refractivity contribution is 5.73. The number of rotatable bonds is 9. The van der Waals surface area contributed by atoms with Gasteiger partial charge in [-0.25, -0.2) is 0 Å². The Kier molecular flexibility index (Phi) is 7.44. The Morgan fingerprint density at radius 1 is 1.24 bits per heavy atom. The van der Waals surface area contributed by atoms with Gasteiger partial charge in [-0.05, 0) is 60.0 Å². The SMILES string of the molecule is CCCN(CCCCC(C)(C)C(=O)O)C(C)C. The lowest BCUT2D eigenvalue weighted by molar-refractivity contribution is -0.147. The Morgan fingerprint density at radius 2 is 1.82 bits per heavy atom. The lowest BCUT2D eigenvalue weighted by Crippen LogP contribution is -2.32. The fraction of sp³-hybridized carbons (Fsp3) is 0.929. The molecule has 0 heterocycles. The first-order valence-electron chi connectivity index (χ1n) is 6.78. The van der Waals surface area contributed by atoms with Crippen molar-refractivity contribution < 1.29 is 9.90 Å². The summed E-state index contributed by atoms with van der Waals surface area (Å²) in [6, 6.07) is 0.586. The van der Waals surface area contributed by atoms with E-state index in [1.54, 1.807) is 0 Å². The van der Waals surface area contributed by atoms with Crippen molar-refractivity contribution in [2.45, 2.75) is 66.3 Å². The van der Waals surface area contributed by atoms with Crippen LogP contribution in [0.4, 0.5) is 0 Å². The highest BCUT2D eigenvalue weighted by Crippen LogP contribution is 2.23. The van der Waals surface area contributed by atoms with E-state index in [1.165, 1.54) is 6.42 Å². The van der Waals surface area contributed by atoms with Crippen LogP contribution < -0.4 is 0 Å². The summed E-state index contributed by atoms with van der Waals surface area (Å²) < 4.78 is 0. The summed E-state index contributed by atoms with van der Waals surface area (Å²) in [6.45, 7) is 12.5. The van der Waals surface area contributed by atoms with Gasteiger partial charge in [-0.2, -0.15) is 0 Å². The second-order valence-electron chi connectivity index (χ2n) is 5.78. The predicted octanol–water partition coefficient (Wildman–Crippen LogP) is 3.39. The van der Waals surface area contributed by atoms with E-state index < -0.39 is 11.4 Å². The van der Waals surface area contributed by atoms with E-state index >= 15 is 0 Å². The van der Waals surface area contributed by atoms with Crippen LogP contribution in [0.15, 0.2) is 0 Å². The molecule has 1 N–H and O–H groups in total. The lowest BCUT2D eigenvalue weighted by Gasteiger charge is -2.26. The summed E-state index contributed by atoms with van der Waals surface area (Å²) in [6.07, 6.45) is 4.03. The second-order valence-corrected chi connectivity index (χ2v) is 5.78. The molecule has 0 bridgehead atoms. The van der Waals surface area contributed by atoms with E-state index in [1.807, 2.05) is 13.8 Å². The van der Waals surface area contributed by atoms with Crippen LogP contribution in [0.3, 0.4) is 0 Å². The van der Waals surface area contributed by atoms with Gasteiger partial charge in [0.05, 0.1) is 5.41 Å². The highest BCUT2D eigenvalue weighted by Gasteiger charge is 2.26. The van der Waals surface area contributed by atoms with Crippen molar-refractivity contribution in [3.63, 3.8) is 0 Å². The molecule has 0 spiro atoms. The molecular formula is C14H29NO2. The van der Waals surface area contributed by atoms with Crippen LogP contribution in [0.2, 0.25) is 0 Å². The normalized spacial score (nSPS) is 12.4. The van der Waals surface area contributed by atoms with Gasteiger partial charge in [-0.15, -0.1) is 0 Å². The summed E-state index contributed by atoms with van der Waals surface area (Å²) in [7, 11) is 0. The van der Waals surface area contributed by atoms with Crippen molar-refractivity contribution in [1.82, 2.24) is 4.90 Å². The van der Waals surface area contributed by atoms with Gasteiger partial charge < -0.3 is 10.0 Å². The molecule has 0 aromatic heterocycles. The summed E-state index contributed by atoms with van der Waals surface area (Å²) in [4.78, 5) is 13.4. The van der Waals surface area contributed by atoms with Gasteiger partial charge in [0.1, 0.15) is 0 Å². The third kappa shape index (κ3) is 6.67. The molecule has 0 atom stereocenters. The smallest absolute Gasteiger partial charge is 0.309 e. The molecule has 0 aliphatic heterocycles. The van der Waals surface area contributed by atoms with E-state index in [4.69, 9.17) is 5.11 Å². The van der Waals surface area contributed by atoms with Gasteiger partial charge in [-0.3, -0.25) is 4.79 Å². The van der Waals surface area contributed by atoms with Crippen molar-refractivity contribution in [1.29, 1.82) is 0 Å². The zero-order valence-corrected chi connectivity index (χ0v) is 12.1. The Bertz CT molecular complexity index is 224. The maximum Gasteiger partial charge on any atom is 0.309 e. The molecule has 0 aromatic carbocycles. The Labute approximate surface area is 106 Å². The third-order valence-electron chi connectivity index (χ3n) is 3.32. The van der Waals surface area contributed by atoms with Crippen molar-refractivity contribution in [3.05, 3.63) is 0 Å². The summed E-state index contributed by atoms with van der Waals surface area (Å²) >= 11 is 0. The van der Waals surface area contributed by atoms with E-state index in [0.717, 1.165) is 32.4 Å². The van der Waals surface area contributed by atoms with Crippen LogP contribution in [0, 0.1) is 5.41 Å². The fourth-order valence-electron chi connectivity index (χ4n) is 1.90. The van der Waals surface area contributed by atoms with Crippen LogP contribution in [-0.2, 0) is 4.79 Å². The number of aliphatic carboxylic acids is 1. The maximum absolute atomic E-state index is 10.9. The minimum atomic E-state index is -0.688. The molecule has 0 aliphatic rings. The van der Waals surface area contributed by atoms with Gasteiger partial charge in [0.25, 0.3) is 0 Å². The molecule has 3 heteroatoms. The molecule has 0 unspecified atom stereocenters. The van der Waals surface area contributed by atoms with E-state index in [9.17, 15) is 4.79 Å². The maximum atomic E-state index is 10.9. The Hall–Kier alpha value is -0.570. The lowest BCUT2D eigenvalue weighted by atomic mass is 9.87. The first-order valence-corrected chi connectivity index (χ1v) is 6.78. The van der Waals surface area contributed by atoms with Crippen LogP contribution in [0.1, 0.15) is 60.3 Å². The van der Waals surface area contributed by atoms with Crippen molar-refractivity contribution in [3.8, 4) is 0 Å². The van der Waals surface area contributed by atoms with Crippen LogP contribution in [0.5, 0.6) is 0 Å². The Balaban J connectivity index is 3.86. The van der Waals surface area contributed by atoms with Crippen molar-refractivity contribution in [2.24, 2.45) is 5.41 Å². The molecule has 17 heavy (non-hydrogen) atoms. The van der Waals surface area contributed by atoms with E-state index in [0.29, 0.717) is 6.04 Å². The van der Waals surface area contributed by atoms with Crippen LogP contribution in [0.25, 0.3) is 0 Å². The van der Waals surface area contributed by atoms with Gasteiger partial charge in [-0.1, -0.05) is 13.3 Å². The van der Waals surface area contributed by atoms with Crippen molar-refractivity contribution in [2.75, 3.05) is 13.1 Å². The van der Waals surface area contributed by atoms with Crippen molar-refractivity contribution >= 4 is 5.97 Å². The summed E-state index contributed by atoms with van der Waals surface area (Å²) in [5, 5.41) is 9.01. The minimum absolute atomic E-state index is 0.576. The number of hydrogen-bond donors (Lipinski definition) is 1. The molecule has 0 aliphatic carbocycles. The topological polar surface area (TPSA) is 40.5 Å². The fourth-order valence-corrected chi connectivity index (χ4v) is 1.90. The van der Waals surface area contributed by atoms with E-state index in [-0.39, 0.29) is 0 Å². The summed E-state index contributed by atoms with van der Waals surface area (Å²) in [5.74, 6) is -0.688. The summed E-state index contributed by atoms with van der Waals surface area (Å²) in [5.41, 5.74) is -0.576. The third-order valence-corrected chi connectivity index (χ3v) is 3.32. The molecule has 0 radical (unpaired) electrons. The van der Waals surface area contributed by atoms with Crippen LogP contribution in [-0.4, -0.2) is 35.1 Å². The molecule has 0 saturated carbocycles. The molecule has 102 valence electrons. The average molecular weight is 243 g/mol. The Morgan fingerprint density at radius 3 is 2.24 bits per heavy atom. The predicted molar refractivity (Wildman–Crippen MR) is 72.3 cm³/mol. The first-order chi connectivity index (χ1) is 7.81. The standard InChI is InChI=1S/C14H29NO2/c1-6-10-15(12(2)3)11-8-7-9-14(4,5)13(16)17/h12H,6-11H2,1-5H3,(H,16,17). The highest BCUT2D eigenvalue weighted by atomic mass is 16.4. The first kappa shape index (κ1) is 16.4. The average Bonchev–Trinajstić information content (AvgIpc) is 2.22. The van der Waals surface area contributed by atoms with E-state index in [2.05, 4.69) is 25.7 Å². The zero-order chi connectivity index (χ0) is 13.5. The van der Waals surface area contributed by atoms with Gasteiger partial charge in [0.2, 0.25) is 0 Å². The molecule has 0 aromatic rings. The van der Waals surface area contributed by atoms with Gasteiger partial charge >= 0.3 is 5.97 Å². The molecule has 0 fully saturated rings. The number of nitrogens with zero attached hydrogens (tertiary/aromatic N) is 1. The molecule has 3 nitrogen and oxygen atoms in total. The number of carboxylic acid groups (broad SMARTS) is 1. The second kappa shape index (κ2) is 7.70. The molecule has 0 saturated heterocycles. The molecular weight excluding hydrogens is 214 g/mol. The van der Waals surface area contributed by atoms with Gasteiger partial charge in [0, 0.05) is 6.04 Å². The molecule has 0 amide bonds. The van der Waals surface area contributed by atoms with Crippen LogP contribution >= 0.6 is 0 Å². The van der Waals surface area contributed by atoms with Gasteiger partial charge in [0.15, 0.2) is 0 Å². The number of hydrogen-bond acceptors (Lipinski definition) is 2. The largest absolute Gasteiger partial charge is 0.481 e. The quantitative estimate of drug-likeness (QED) is 0.631. The monoisotopic (exact) mass is 243 g/mol. The number of carbonyl (C=O) groups is 1.